The fraction of sp³-hybridized carbons (Fsp3) is 0.200. The molecule has 66 heavy (non-hydrogen) atoms. The number of pyridine rings is 1. The fourth-order valence-corrected chi connectivity index (χ4v) is 10.1. The molecular formula is C50H42F3N3O8S2. The van der Waals surface area contributed by atoms with Crippen molar-refractivity contribution in [3.05, 3.63) is 181 Å². The Labute approximate surface area is 385 Å². The number of carboxylic acid groups (broad SMARTS) is 1. The summed E-state index contributed by atoms with van der Waals surface area (Å²) in [5.41, 5.74) is 3.34. The average molecular weight is 934 g/mol. The van der Waals surface area contributed by atoms with Crippen LogP contribution in [0.15, 0.2) is 153 Å². The van der Waals surface area contributed by atoms with Gasteiger partial charge in [-0.1, -0.05) is 66.7 Å². The van der Waals surface area contributed by atoms with E-state index in [0.717, 1.165) is 21.3 Å². The highest BCUT2D eigenvalue weighted by atomic mass is 32.1. The Morgan fingerprint density at radius 3 is 1.77 bits per heavy atom. The lowest BCUT2D eigenvalue weighted by Crippen LogP contribution is -2.37. The largest absolute Gasteiger partial charge is 0.478 e. The van der Waals surface area contributed by atoms with Crippen molar-refractivity contribution in [1.82, 2.24) is 15.6 Å². The van der Waals surface area contributed by atoms with Crippen LogP contribution in [-0.2, 0) is 41.9 Å². The number of carbonyl (C=O) groups excluding carboxylic acids is 4. The number of nitrogens with one attached hydrogen (secondary N) is 2. The number of ether oxygens (including phenoxy) is 2. The van der Waals surface area contributed by atoms with E-state index in [9.17, 15) is 37.1 Å². The number of esters is 2. The number of Topliss-reactive ketones (excluding diaryl/α,β-unsaturated/α-hetero) is 2. The van der Waals surface area contributed by atoms with Crippen LogP contribution >= 0.6 is 22.7 Å². The van der Waals surface area contributed by atoms with Crippen molar-refractivity contribution in [2.45, 2.75) is 65.8 Å². The lowest BCUT2D eigenvalue weighted by atomic mass is 9.78. The number of hydrogen-bond donors (Lipinski definition) is 3. The number of carboxylic acids is 1. The molecule has 0 bridgehead atoms. The van der Waals surface area contributed by atoms with Crippen LogP contribution in [0, 0.1) is 0 Å². The topological polar surface area (TPSA) is 161 Å². The van der Waals surface area contributed by atoms with E-state index in [2.05, 4.69) is 15.6 Å². The Bertz CT molecular complexity index is 3040. The van der Waals surface area contributed by atoms with E-state index in [4.69, 9.17) is 14.6 Å². The molecule has 0 aliphatic carbocycles. The molecule has 6 aromatic rings. The number of aromatic carboxylic acids is 1. The van der Waals surface area contributed by atoms with Gasteiger partial charge in [-0.3, -0.25) is 9.59 Å². The minimum Gasteiger partial charge on any atom is -0.478 e. The average Bonchev–Trinajstić information content (AvgIpc) is 3.92. The molecule has 2 unspecified atom stereocenters. The molecule has 0 radical (unpaired) electrons. The molecule has 0 saturated carbocycles. The summed E-state index contributed by atoms with van der Waals surface area (Å²) in [5.74, 6) is -5.02. The Balaban J connectivity index is 0.000000196. The van der Waals surface area contributed by atoms with Crippen LogP contribution in [0.2, 0.25) is 0 Å². The van der Waals surface area contributed by atoms with Crippen LogP contribution in [0.4, 0.5) is 13.2 Å². The molecule has 3 aromatic heterocycles. The number of nitrogens with zero attached hydrogens (tertiary/aromatic N) is 1. The second-order valence-corrected chi connectivity index (χ2v) is 17.3. The van der Waals surface area contributed by atoms with Crippen molar-refractivity contribution < 1.29 is 51.7 Å². The number of fused-ring (bicyclic) bond motifs is 2. The number of alkyl halides is 3. The van der Waals surface area contributed by atoms with E-state index in [1.165, 1.54) is 44.2 Å². The van der Waals surface area contributed by atoms with Crippen molar-refractivity contribution in [3.63, 3.8) is 0 Å². The van der Waals surface area contributed by atoms with Crippen molar-refractivity contribution in [1.29, 1.82) is 0 Å². The summed E-state index contributed by atoms with van der Waals surface area (Å²) in [6.07, 6.45) is -3.29. The highest BCUT2D eigenvalue weighted by Crippen LogP contribution is 2.47. The van der Waals surface area contributed by atoms with E-state index < -0.39 is 53.0 Å². The number of allylic oxidation sites excluding steroid dienone is 6. The van der Waals surface area contributed by atoms with Crippen molar-refractivity contribution >= 4 is 72.5 Å². The van der Waals surface area contributed by atoms with Gasteiger partial charge in [0.05, 0.1) is 16.7 Å². The summed E-state index contributed by atoms with van der Waals surface area (Å²) in [4.78, 5) is 67.7. The Kier molecular flexibility index (Phi) is 13.8. The van der Waals surface area contributed by atoms with Gasteiger partial charge in [-0.2, -0.15) is 13.2 Å². The van der Waals surface area contributed by atoms with Crippen molar-refractivity contribution in [2.75, 3.05) is 0 Å². The summed E-state index contributed by atoms with van der Waals surface area (Å²) < 4.78 is 54.3. The number of thiophene rings is 2. The Morgan fingerprint density at radius 2 is 1.15 bits per heavy atom. The van der Waals surface area contributed by atoms with Gasteiger partial charge in [-0.15, -0.1) is 22.7 Å². The molecule has 11 nitrogen and oxygen atoms in total. The lowest BCUT2D eigenvalue weighted by Gasteiger charge is -2.32. The van der Waals surface area contributed by atoms with Gasteiger partial charge >= 0.3 is 24.1 Å². The Hall–Kier alpha value is -7.17. The standard InChI is InChI=1S/C26H23NO5S.C24H19F3N2O3S/c1-14-22(16(3)28)24(20-13-33-21-7-5-4-6-19(20)21)23(15(2)27-14)26(31)32-12-17-8-10-18(11-9-17)25(29)30;1-13-18(14(2)30)19(17-12-33-22-16(17)9-6-10-28-22)20(21(29-13)24(25,26)27)23(31)32-11-15-7-4-3-5-8-15/h4-11,13,24,27H,12H2,1-3H3,(H,29,30);3-10,12,19,29H,11H2,1-2H3. The number of aromatic nitrogens is 1. The van der Waals surface area contributed by atoms with Gasteiger partial charge in [0, 0.05) is 56.4 Å². The quantitative estimate of drug-likeness (QED) is 0.106. The zero-order chi connectivity index (χ0) is 47.4. The molecule has 2 aliphatic rings. The highest BCUT2D eigenvalue weighted by molar-refractivity contribution is 7.17. The van der Waals surface area contributed by atoms with Crippen LogP contribution in [0.25, 0.3) is 20.3 Å². The van der Waals surface area contributed by atoms with Crippen molar-refractivity contribution in [2.24, 2.45) is 0 Å². The van der Waals surface area contributed by atoms with Gasteiger partial charge in [0.25, 0.3) is 0 Å². The first-order valence-corrected chi connectivity index (χ1v) is 22.2. The van der Waals surface area contributed by atoms with Gasteiger partial charge in [0.15, 0.2) is 11.6 Å². The van der Waals surface area contributed by atoms with E-state index in [0.29, 0.717) is 43.8 Å². The van der Waals surface area contributed by atoms with Gasteiger partial charge < -0.3 is 25.2 Å². The van der Waals surface area contributed by atoms with Crippen LogP contribution in [-0.4, -0.2) is 45.7 Å². The van der Waals surface area contributed by atoms with Gasteiger partial charge in [-0.25, -0.2) is 19.4 Å². The van der Waals surface area contributed by atoms with Crippen molar-refractivity contribution in [3.8, 4) is 0 Å². The molecule has 16 heteroatoms. The number of benzene rings is 3. The van der Waals surface area contributed by atoms with E-state index in [1.54, 1.807) is 84.4 Å². The maximum atomic E-state index is 14.1. The third kappa shape index (κ3) is 9.74. The monoisotopic (exact) mass is 933 g/mol. The molecule has 2 aliphatic heterocycles. The molecule has 338 valence electrons. The number of rotatable bonds is 11. The first-order valence-electron chi connectivity index (χ1n) is 20.4. The molecule has 2 atom stereocenters. The molecule has 0 saturated heterocycles. The number of halogens is 3. The zero-order valence-electron chi connectivity index (χ0n) is 36.2. The molecule has 8 rings (SSSR count). The second-order valence-electron chi connectivity index (χ2n) is 15.5. The smallest absolute Gasteiger partial charge is 0.431 e. The van der Waals surface area contributed by atoms with Crippen LogP contribution in [0.5, 0.6) is 0 Å². The molecule has 0 amide bonds. The number of ketones is 2. The third-order valence-corrected chi connectivity index (χ3v) is 13.0. The summed E-state index contributed by atoms with van der Waals surface area (Å²) in [7, 11) is 0. The molecule has 3 aromatic carbocycles. The first kappa shape index (κ1) is 46.8. The number of dihydropyridines is 2. The second kappa shape index (κ2) is 19.5. The highest BCUT2D eigenvalue weighted by Gasteiger charge is 2.47. The number of carbonyl (C=O) groups is 5. The molecule has 0 spiro atoms. The summed E-state index contributed by atoms with van der Waals surface area (Å²) >= 11 is 2.81. The SMILES string of the molecule is CC(=O)C1=C(C)NC(C(F)(F)F)=C(C(=O)OCc2ccccc2)C1c1csc2ncccc12.CC(=O)C1=C(C)NC(C)=C(C(=O)OCc2ccc(C(=O)O)cc2)C1c1csc2ccccc12. The van der Waals surface area contributed by atoms with Gasteiger partial charge in [0.1, 0.15) is 23.7 Å². The molecule has 5 heterocycles. The number of hydrogen-bond acceptors (Lipinski definition) is 12. The van der Waals surface area contributed by atoms with Crippen LogP contribution in [0.3, 0.4) is 0 Å². The van der Waals surface area contributed by atoms with Gasteiger partial charge in [0.2, 0.25) is 0 Å². The normalized spacial score (nSPS) is 16.4. The summed E-state index contributed by atoms with van der Waals surface area (Å²) in [6, 6.07) is 26.1. The predicted octanol–water partition coefficient (Wildman–Crippen LogP) is 10.6. The van der Waals surface area contributed by atoms with Crippen LogP contribution < -0.4 is 10.6 Å². The summed E-state index contributed by atoms with van der Waals surface area (Å²) in [6.45, 7) is 7.61. The lowest BCUT2D eigenvalue weighted by molar-refractivity contribution is -0.142. The first-order chi connectivity index (χ1) is 31.5. The molecule has 3 N–H and O–H groups in total. The maximum Gasteiger partial charge on any atom is 0.431 e. The fourth-order valence-electron chi connectivity index (χ4n) is 8.20. The Morgan fingerprint density at radius 1 is 0.636 bits per heavy atom. The minimum absolute atomic E-state index is 0.00921. The van der Waals surface area contributed by atoms with E-state index in [1.807, 2.05) is 36.6 Å². The molecular weight excluding hydrogens is 892 g/mol. The van der Waals surface area contributed by atoms with Crippen LogP contribution in [0.1, 0.15) is 79.1 Å². The summed E-state index contributed by atoms with van der Waals surface area (Å²) in [5, 5.41) is 19.7. The predicted molar refractivity (Wildman–Crippen MR) is 245 cm³/mol. The van der Waals surface area contributed by atoms with E-state index in [-0.39, 0.29) is 35.8 Å². The zero-order valence-corrected chi connectivity index (χ0v) is 37.8. The minimum atomic E-state index is -4.87. The maximum absolute atomic E-state index is 14.1. The molecule has 0 fully saturated rings. The third-order valence-electron chi connectivity index (χ3n) is 11.1. The van der Waals surface area contributed by atoms with E-state index >= 15 is 0 Å². The van der Waals surface area contributed by atoms with Gasteiger partial charge in [-0.05, 0) is 97.3 Å².